The number of Topliss-reactive ketones (excluding diaryl/α,β-unsaturated/α-hetero) is 1. The topological polar surface area (TPSA) is 91.8 Å². The Labute approximate surface area is 117 Å². The maximum absolute atomic E-state index is 12.5. The van der Waals surface area contributed by atoms with Crippen LogP contribution in [0.4, 0.5) is 0 Å². The van der Waals surface area contributed by atoms with E-state index in [1.807, 2.05) is 0 Å². The first-order valence-electron chi connectivity index (χ1n) is 6.26. The molecule has 1 aliphatic heterocycles. The summed E-state index contributed by atoms with van der Waals surface area (Å²) in [4.78, 5) is 23.1. The number of nitrogens with zero attached hydrogens (tertiary/aromatic N) is 1. The second kappa shape index (κ2) is 5.34. The van der Waals surface area contributed by atoms with E-state index in [0.29, 0.717) is 0 Å². The molecule has 0 aromatic heterocycles. The lowest BCUT2D eigenvalue weighted by atomic mass is 9.99. The first kappa shape index (κ1) is 14.7. The Balaban J connectivity index is 2.50. The molecule has 1 aliphatic rings. The van der Waals surface area contributed by atoms with Crippen LogP contribution >= 0.6 is 0 Å². The van der Waals surface area contributed by atoms with Gasteiger partial charge in [-0.15, -0.1) is 0 Å². The summed E-state index contributed by atoms with van der Waals surface area (Å²) in [6.07, 6.45) is -0.264. The van der Waals surface area contributed by atoms with Crippen molar-refractivity contribution < 1.29 is 23.1 Å². The number of aliphatic carboxylic acids is 1. The molecule has 1 aromatic carbocycles. The van der Waals surface area contributed by atoms with Crippen LogP contribution in [0.3, 0.4) is 0 Å². The van der Waals surface area contributed by atoms with Gasteiger partial charge in [0.15, 0.2) is 5.78 Å². The Hall–Kier alpha value is -1.73. The number of carbonyl (C=O) groups excluding carboxylic acids is 1. The van der Waals surface area contributed by atoms with Gasteiger partial charge < -0.3 is 5.11 Å². The number of rotatable bonds is 4. The van der Waals surface area contributed by atoms with Crippen molar-refractivity contribution in [2.45, 2.75) is 30.7 Å². The molecule has 0 saturated heterocycles. The van der Waals surface area contributed by atoms with Gasteiger partial charge in [0.1, 0.15) is 0 Å². The number of hydrogen-bond donors (Lipinski definition) is 1. The van der Waals surface area contributed by atoms with Gasteiger partial charge in [-0.05, 0) is 18.6 Å². The summed E-state index contributed by atoms with van der Waals surface area (Å²) < 4.78 is 26.0. The molecule has 6 nitrogen and oxygen atoms in total. The van der Waals surface area contributed by atoms with Crippen molar-refractivity contribution in [2.75, 3.05) is 6.54 Å². The average molecular weight is 297 g/mol. The Morgan fingerprint density at radius 3 is 2.60 bits per heavy atom. The van der Waals surface area contributed by atoms with Gasteiger partial charge in [-0.3, -0.25) is 9.59 Å². The van der Waals surface area contributed by atoms with Gasteiger partial charge in [0.2, 0.25) is 10.0 Å². The fraction of sp³-hybridized carbons (Fsp3) is 0.385. The van der Waals surface area contributed by atoms with Crippen molar-refractivity contribution >= 4 is 21.8 Å². The highest BCUT2D eigenvalue weighted by molar-refractivity contribution is 7.89. The number of benzene rings is 1. The van der Waals surface area contributed by atoms with Crippen LogP contribution in [0.5, 0.6) is 0 Å². The molecule has 1 unspecified atom stereocenters. The molecule has 1 atom stereocenters. The van der Waals surface area contributed by atoms with E-state index >= 15 is 0 Å². The summed E-state index contributed by atoms with van der Waals surface area (Å²) in [6, 6.07) is 5.10. The third kappa shape index (κ3) is 2.34. The Morgan fingerprint density at radius 1 is 1.35 bits per heavy atom. The normalized spacial score (nSPS) is 21.4. The Kier molecular flexibility index (Phi) is 3.92. The van der Waals surface area contributed by atoms with Crippen molar-refractivity contribution in [1.82, 2.24) is 4.31 Å². The van der Waals surface area contributed by atoms with Crippen LogP contribution in [-0.2, 0) is 14.8 Å². The zero-order valence-corrected chi connectivity index (χ0v) is 11.8. The standard InChI is InChI=1S/C13H15NO5S/c1-2-14-10(7-8-12(15)16)13(17)9-5-3-4-6-11(9)20(14,18)19/h3-6,10H,2,7-8H2,1H3,(H,15,16). The fourth-order valence-electron chi connectivity index (χ4n) is 2.42. The molecule has 7 heteroatoms. The number of carboxylic acids is 1. The highest BCUT2D eigenvalue weighted by atomic mass is 32.2. The van der Waals surface area contributed by atoms with E-state index in [0.717, 1.165) is 4.31 Å². The van der Waals surface area contributed by atoms with E-state index in [1.54, 1.807) is 19.1 Å². The number of likely N-dealkylation sites (N-methyl/N-ethyl adjacent to an activating group) is 1. The van der Waals surface area contributed by atoms with Crippen LogP contribution in [0.2, 0.25) is 0 Å². The maximum atomic E-state index is 12.5. The van der Waals surface area contributed by atoms with E-state index in [-0.39, 0.29) is 35.6 Å². The third-order valence-corrected chi connectivity index (χ3v) is 5.37. The third-order valence-electron chi connectivity index (χ3n) is 3.33. The highest BCUT2D eigenvalue weighted by Crippen LogP contribution is 2.31. The second-order valence-corrected chi connectivity index (χ2v) is 6.38. The van der Waals surface area contributed by atoms with Crippen LogP contribution in [0.25, 0.3) is 0 Å². The van der Waals surface area contributed by atoms with Gasteiger partial charge in [-0.1, -0.05) is 19.1 Å². The summed E-state index contributed by atoms with van der Waals surface area (Å²) in [5.41, 5.74) is 0.146. The smallest absolute Gasteiger partial charge is 0.303 e. The van der Waals surface area contributed by atoms with Crippen molar-refractivity contribution in [3.05, 3.63) is 29.8 Å². The second-order valence-electron chi connectivity index (χ2n) is 4.52. The van der Waals surface area contributed by atoms with E-state index in [4.69, 9.17) is 5.11 Å². The molecule has 0 radical (unpaired) electrons. The molecule has 1 aromatic rings. The van der Waals surface area contributed by atoms with Gasteiger partial charge >= 0.3 is 5.97 Å². The van der Waals surface area contributed by atoms with E-state index in [9.17, 15) is 18.0 Å². The quantitative estimate of drug-likeness (QED) is 0.899. The minimum absolute atomic E-state index is 0.00146. The lowest BCUT2D eigenvalue weighted by Crippen LogP contribution is -2.49. The van der Waals surface area contributed by atoms with Gasteiger partial charge in [0, 0.05) is 18.5 Å². The number of carbonyl (C=O) groups is 2. The van der Waals surface area contributed by atoms with Crippen LogP contribution in [0.1, 0.15) is 30.1 Å². The molecular formula is C13H15NO5S. The number of fused-ring (bicyclic) bond motifs is 1. The lowest BCUT2D eigenvalue weighted by molar-refractivity contribution is -0.137. The molecule has 0 amide bonds. The maximum Gasteiger partial charge on any atom is 0.303 e. The molecule has 0 spiro atoms. The monoisotopic (exact) mass is 297 g/mol. The van der Waals surface area contributed by atoms with Gasteiger partial charge in [-0.2, -0.15) is 4.31 Å². The lowest BCUT2D eigenvalue weighted by Gasteiger charge is -2.33. The SMILES string of the molecule is CCN1C(CCC(=O)O)C(=O)c2ccccc2S1(=O)=O. The van der Waals surface area contributed by atoms with Gasteiger partial charge in [0.05, 0.1) is 10.9 Å². The number of sulfonamides is 1. The highest BCUT2D eigenvalue weighted by Gasteiger charge is 2.42. The molecule has 1 heterocycles. The minimum Gasteiger partial charge on any atom is -0.481 e. The minimum atomic E-state index is -3.74. The average Bonchev–Trinajstić information content (AvgIpc) is 2.41. The molecule has 20 heavy (non-hydrogen) atoms. The van der Waals surface area contributed by atoms with Crippen LogP contribution in [0.15, 0.2) is 29.2 Å². The summed E-state index contributed by atoms with van der Waals surface area (Å²) in [5.74, 6) is -1.39. The Morgan fingerprint density at radius 2 is 2.00 bits per heavy atom. The molecule has 0 aliphatic carbocycles. The summed E-state index contributed by atoms with van der Waals surface area (Å²) in [7, 11) is -3.74. The first-order chi connectivity index (χ1) is 9.39. The van der Waals surface area contributed by atoms with Crippen molar-refractivity contribution in [3.63, 3.8) is 0 Å². The predicted molar refractivity (Wildman–Crippen MR) is 71.0 cm³/mol. The van der Waals surface area contributed by atoms with Crippen LogP contribution in [-0.4, -0.2) is 42.2 Å². The van der Waals surface area contributed by atoms with E-state index < -0.39 is 22.0 Å². The molecule has 1 N–H and O–H groups in total. The summed E-state index contributed by atoms with van der Waals surface area (Å²) >= 11 is 0. The molecule has 0 bridgehead atoms. The fourth-order valence-corrected chi connectivity index (χ4v) is 4.25. The Bertz CT molecular complexity index is 652. The summed E-state index contributed by atoms with van der Waals surface area (Å²) in [6.45, 7) is 1.76. The molecule has 108 valence electrons. The number of hydrogen-bond acceptors (Lipinski definition) is 4. The molecule has 2 rings (SSSR count). The van der Waals surface area contributed by atoms with Crippen molar-refractivity contribution in [3.8, 4) is 0 Å². The molecule has 0 saturated carbocycles. The van der Waals surface area contributed by atoms with E-state index in [2.05, 4.69) is 0 Å². The summed E-state index contributed by atoms with van der Waals surface area (Å²) in [5, 5.41) is 8.74. The number of ketones is 1. The van der Waals surface area contributed by atoms with Gasteiger partial charge in [0.25, 0.3) is 0 Å². The molecular weight excluding hydrogens is 282 g/mol. The molecule has 0 fully saturated rings. The predicted octanol–water partition coefficient (Wildman–Crippen LogP) is 1.13. The van der Waals surface area contributed by atoms with Crippen LogP contribution in [0, 0.1) is 0 Å². The van der Waals surface area contributed by atoms with Crippen LogP contribution < -0.4 is 0 Å². The van der Waals surface area contributed by atoms with Gasteiger partial charge in [-0.25, -0.2) is 8.42 Å². The zero-order chi connectivity index (χ0) is 14.9. The zero-order valence-electron chi connectivity index (χ0n) is 10.9. The largest absolute Gasteiger partial charge is 0.481 e. The number of carboxylic acid groups (broad SMARTS) is 1. The van der Waals surface area contributed by atoms with Crippen molar-refractivity contribution in [1.29, 1.82) is 0 Å². The van der Waals surface area contributed by atoms with E-state index in [1.165, 1.54) is 12.1 Å². The van der Waals surface area contributed by atoms with Crippen molar-refractivity contribution in [2.24, 2.45) is 0 Å². The first-order valence-corrected chi connectivity index (χ1v) is 7.70.